The zero-order chi connectivity index (χ0) is 17.8. The highest BCUT2D eigenvalue weighted by atomic mass is 16.6. The lowest BCUT2D eigenvalue weighted by molar-refractivity contribution is -0.228. The molecule has 0 saturated carbocycles. The predicted octanol–water partition coefficient (Wildman–Crippen LogP) is -2.25. The summed E-state index contributed by atoms with van der Waals surface area (Å²) in [6.45, 7) is 3.83. The zero-order valence-corrected chi connectivity index (χ0v) is 12.8. The molecule has 132 valence electrons. The largest absolute Gasteiger partial charge is 0.479 e. The van der Waals surface area contributed by atoms with Crippen molar-refractivity contribution in [3.05, 3.63) is 12.7 Å². The van der Waals surface area contributed by atoms with Crippen LogP contribution in [0, 0.1) is 0 Å². The lowest BCUT2D eigenvalue weighted by Gasteiger charge is -2.46. The molecule has 9 heteroatoms. The molecule has 0 spiro atoms. The summed E-state index contributed by atoms with van der Waals surface area (Å²) in [5.74, 6) is -1.90. The zero-order valence-electron chi connectivity index (χ0n) is 12.8. The normalized spacial score (nSPS) is 33.5. The molecule has 1 rings (SSSR count). The fourth-order valence-electron chi connectivity index (χ4n) is 2.68. The molecular formula is C14H23NO8. The van der Waals surface area contributed by atoms with Gasteiger partial charge in [0.15, 0.2) is 5.60 Å². The molecule has 0 aromatic carbocycles. The van der Waals surface area contributed by atoms with Crippen LogP contribution in [0.1, 0.15) is 19.8 Å². The fraction of sp³-hybridized carbons (Fsp3) is 0.714. The van der Waals surface area contributed by atoms with Crippen LogP contribution < -0.4 is 5.32 Å². The average molecular weight is 333 g/mol. The summed E-state index contributed by atoms with van der Waals surface area (Å²) < 4.78 is 5.48. The van der Waals surface area contributed by atoms with Crippen LogP contribution in [-0.2, 0) is 14.3 Å². The van der Waals surface area contributed by atoms with E-state index in [1.165, 1.54) is 13.0 Å². The number of carbonyl (C=O) groups is 2. The van der Waals surface area contributed by atoms with Crippen LogP contribution in [0.4, 0.5) is 0 Å². The lowest BCUT2D eigenvalue weighted by Crippen LogP contribution is -2.67. The van der Waals surface area contributed by atoms with Crippen molar-refractivity contribution in [1.29, 1.82) is 0 Å². The number of carboxylic acids is 1. The molecule has 1 fully saturated rings. The summed E-state index contributed by atoms with van der Waals surface area (Å²) >= 11 is 0. The van der Waals surface area contributed by atoms with Gasteiger partial charge in [-0.3, -0.25) is 4.79 Å². The molecule has 0 aromatic heterocycles. The molecule has 23 heavy (non-hydrogen) atoms. The molecule has 2 unspecified atom stereocenters. The quantitative estimate of drug-likeness (QED) is 0.285. The van der Waals surface area contributed by atoms with Crippen molar-refractivity contribution in [3.63, 3.8) is 0 Å². The third-order valence-electron chi connectivity index (χ3n) is 3.82. The molecule has 9 nitrogen and oxygen atoms in total. The minimum absolute atomic E-state index is 0.148. The number of amides is 1. The first-order valence-corrected chi connectivity index (χ1v) is 7.12. The van der Waals surface area contributed by atoms with Gasteiger partial charge in [-0.25, -0.2) is 4.79 Å². The van der Waals surface area contributed by atoms with Gasteiger partial charge in [0.05, 0.1) is 18.8 Å². The van der Waals surface area contributed by atoms with Crippen LogP contribution in [-0.4, -0.2) is 80.1 Å². The SMILES string of the molecule is C=CC[C@@]1(C(=O)O)C[C@H](O)[C@@H](NC(C)=O)[C@H](C(O)C(O)CO)O1. The maximum absolute atomic E-state index is 11.6. The van der Waals surface area contributed by atoms with E-state index >= 15 is 0 Å². The number of carboxylic acid groups (broad SMARTS) is 1. The van der Waals surface area contributed by atoms with Crippen molar-refractivity contribution in [1.82, 2.24) is 5.32 Å². The Hall–Kier alpha value is -1.52. The average Bonchev–Trinajstić information content (AvgIpc) is 2.47. The molecular weight excluding hydrogens is 310 g/mol. The number of nitrogens with one attached hydrogen (secondary N) is 1. The Morgan fingerprint density at radius 2 is 2.09 bits per heavy atom. The van der Waals surface area contributed by atoms with E-state index in [4.69, 9.17) is 9.84 Å². The summed E-state index contributed by atoms with van der Waals surface area (Å²) in [5.41, 5.74) is -1.85. The molecule has 1 amide bonds. The van der Waals surface area contributed by atoms with Crippen molar-refractivity contribution < 1.29 is 39.9 Å². The first kappa shape index (κ1) is 19.5. The Morgan fingerprint density at radius 3 is 2.52 bits per heavy atom. The number of ether oxygens (including phenoxy) is 1. The van der Waals surface area contributed by atoms with E-state index in [-0.39, 0.29) is 12.8 Å². The molecule has 0 radical (unpaired) electrons. The van der Waals surface area contributed by atoms with Gasteiger partial charge in [0.2, 0.25) is 5.91 Å². The van der Waals surface area contributed by atoms with Gasteiger partial charge in [0, 0.05) is 19.8 Å². The molecule has 0 aromatic rings. The van der Waals surface area contributed by atoms with E-state index in [2.05, 4.69) is 11.9 Å². The molecule has 6 N–H and O–H groups in total. The standard InChI is InChI=1S/C14H23NO8/c1-3-4-14(13(21)22)5-8(18)10(15-7(2)17)12(23-14)11(20)9(19)6-16/h3,8-12,16,18-20H,1,4-6H2,2H3,(H,15,17)(H,21,22)/t8-,9?,10+,11?,12+,14-/m0/s1. The van der Waals surface area contributed by atoms with E-state index < -0.39 is 54.5 Å². The van der Waals surface area contributed by atoms with Crippen LogP contribution >= 0.6 is 0 Å². The van der Waals surface area contributed by atoms with Crippen LogP contribution in [0.25, 0.3) is 0 Å². The van der Waals surface area contributed by atoms with E-state index in [9.17, 15) is 30.0 Å². The Labute approximate surface area is 133 Å². The Balaban J connectivity index is 3.19. The Morgan fingerprint density at radius 1 is 1.48 bits per heavy atom. The number of hydrogen-bond donors (Lipinski definition) is 6. The topological polar surface area (TPSA) is 157 Å². The highest BCUT2D eigenvalue weighted by Crippen LogP contribution is 2.35. The molecule has 1 aliphatic heterocycles. The fourth-order valence-corrected chi connectivity index (χ4v) is 2.68. The van der Waals surface area contributed by atoms with Crippen LogP contribution in [0.3, 0.4) is 0 Å². The van der Waals surface area contributed by atoms with E-state index in [0.717, 1.165) is 0 Å². The van der Waals surface area contributed by atoms with Gasteiger partial charge in [-0.05, 0) is 0 Å². The van der Waals surface area contributed by atoms with Gasteiger partial charge in [-0.1, -0.05) is 6.08 Å². The van der Waals surface area contributed by atoms with Gasteiger partial charge < -0.3 is 35.6 Å². The first-order chi connectivity index (χ1) is 10.7. The second-order valence-electron chi connectivity index (χ2n) is 5.61. The predicted molar refractivity (Wildman–Crippen MR) is 77.4 cm³/mol. The van der Waals surface area contributed by atoms with Crippen LogP contribution in [0.2, 0.25) is 0 Å². The molecule has 6 atom stereocenters. The smallest absolute Gasteiger partial charge is 0.336 e. The van der Waals surface area contributed by atoms with Gasteiger partial charge in [-0.2, -0.15) is 0 Å². The van der Waals surface area contributed by atoms with Gasteiger partial charge in [0.1, 0.15) is 18.3 Å². The van der Waals surface area contributed by atoms with Gasteiger partial charge in [0.25, 0.3) is 0 Å². The second kappa shape index (κ2) is 7.84. The van der Waals surface area contributed by atoms with Crippen molar-refractivity contribution in [2.75, 3.05) is 6.61 Å². The highest BCUT2D eigenvalue weighted by Gasteiger charge is 2.53. The number of carbonyl (C=O) groups excluding carboxylic acids is 1. The minimum Gasteiger partial charge on any atom is -0.479 e. The molecule has 1 saturated heterocycles. The maximum Gasteiger partial charge on any atom is 0.336 e. The summed E-state index contributed by atoms with van der Waals surface area (Å²) in [4.78, 5) is 22.9. The van der Waals surface area contributed by atoms with E-state index in [1.54, 1.807) is 0 Å². The summed E-state index contributed by atoms with van der Waals surface area (Å²) in [7, 11) is 0. The monoisotopic (exact) mass is 333 g/mol. The molecule has 0 aliphatic carbocycles. The number of aliphatic hydroxyl groups excluding tert-OH is 4. The number of aliphatic carboxylic acids is 1. The van der Waals surface area contributed by atoms with Crippen molar-refractivity contribution in [2.24, 2.45) is 0 Å². The number of hydrogen-bond acceptors (Lipinski definition) is 7. The maximum atomic E-state index is 11.6. The van der Waals surface area contributed by atoms with Crippen LogP contribution in [0.5, 0.6) is 0 Å². The summed E-state index contributed by atoms with van der Waals surface area (Å²) in [5, 5.41) is 50.8. The van der Waals surface area contributed by atoms with Crippen molar-refractivity contribution in [3.8, 4) is 0 Å². The van der Waals surface area contributed by atoms with Crippen molar-refractivity contribution in [2.45, 2.75) is 55.8 Å². The minimum atomic E-state index is -1.85. The van der Waals surface area contributed by atoms with E-state index in [1.807, 2.05) is 0 Å². The third-order valence-corrected chi connectivity index (χ3v) is 3.82. The van der Waals surface area contributed by atoms with Gasteiger partial charge >= 0.3 is 5.97 Å². The third kappa shape index (κ3) is 4.27. The van der Waals surface area contributed by atoms with Crippen molar-refractivity contribution >= 4 is 11.9 Å². The molecule has 1 aliphatic rings. The highest BCUT2D eigenvalue weighted by molar-refractivity contribution is 5.78. The first-order valence-electron chi connectivity index (χ1n) is 7.12. The number of aliphatic hydroxyl groups is 4. The lowest BCUT2D eigenvalue weighted by atomic mass is 9.82. The Bertz CT molecular complexity index is 456. The number of rotatable bonds is 7. The molecule has 0 bridgehead atoms. The Kier molecular flexibility index (Phi) is 6.66. The second-order valence-corrected chi connectivity index (χ2v) is 5.61. The van der Waals surface area contributed by atoms with Crippen LogP contribution in [0.15, 0.2) is 12.7 Å². The summed E-state index contributed by atoms with van der Waals surface area (Å²) in [6.07, 6.45) is -5.30. The summed E-state index contributed by atoms with van der Waals surface area (Å²) in [6, 6.07) is -1.14. The molecule has 1 heterocycles. The van der Waals surface area contributed by atoms with E-state index in [0.29, 0.717) is 0 Å². The van der Waals surface area contributed by atoms with Gasteiger partial charge in [-0.15, -0.1) is 6.58 Å².